The van der Waals surface area contributed by atoms with Gasteiger partial charge in [-0.2, -0.15) is 0 Å². The molecular formula is C16H21N3O. The first kappa shape index (κ1) is 13.2. The van der Waals surface area contributed by atoms with Gasteiger partial charge in [0.05, 0.1) is 17.7 Å². The second-order valence-corrected chi connectivity index (χ2v) is 5.60. The van der Waals surface area contributed by atoms with Crippen LogP contribution in [0.25, 0.3) is 10.9 Å². The van der Waals surface area contributed by atoms with Crippen molar-refractivity contribution in [1.82, 2.24) is 4.98 Å². The Kier molecular flexibility index (Phi) is 3.74. The van der Waals surface area contributed by atoms with Crippen LogP contribution in [0.1, 0.15) is 32.1 Å². The SMILES string of the molecule is Nc1ccc2nc(NC3CCCCCC3O)ccc2c1. The van der Waals surface area contributed by atoms with Gasteiger partial charge in [0.1, 0.15) is 5.82 Å². The van der Waals surface area contributed by atoms with Crippen LogP contribution in [0, 0.1) is 0 Å². The maximum absolute atomic E-state index is 10.2. The molecule has 0 saturated heterocycles. The van der Waals surface area contributed by atoms with Crippen LogP contribution in [0.5, 0.6) is 0 Å². The Morgan fingerprint density at radius 1 is 1.10 bits per heavy atom. The zero-order valence-corrected chi connectivity index (χ0v) is 11.5. The molecule has 1 aliphatic carbocycles. The van der Waals surface area contributed by atoms with Crippen molar-refractivity contribution < 1.29 is 5.11 Å². The standard InChI is InChI=1S/C16H21N3O/c17-12-7-8-13-11(10-12)6-9-16(18-13)19-14-4-2-1-3-5-15(14)20/h6-10,14-15,20H,1-5,17H2,(H,18,19). The van der Waals surface area contributed by atoms with Crippen molar-refractivity contribution in [3.8, 4) is 0 Å². The number of aliphatic hydroxyl groups excluding tert-OH is 1. The fourth-order valence-corrected chi connectivity index (χ4v) is 2.87. The van der Waals surface area contributed by atoms with Crippen LogP contribution in [0.15, 0.2) is 30.3 Å². The molecule has 1 saturated carbocycles. The van der Waals surface area contributed by atoms with Crippen molar-refractivity contribution >= 4 is 22.4 Å². The molecule has 0 spiro atoms. The third kappa shape index (κ3) is 2.85. The number of benzene rings is 1. The lowest BCUT2D eigenvalue weighted by Crippen LogP contribution is -2.32. The predicted molar refractivity (Wildman–Crippen MR) is 82.7 cm³/mol. The molecule has 1 aromatic heterocycles. The molecule has 0 amide bonds. The number of aromatic nitrogens is 1. The summed E-state index contributed by atoms with van der Waals surface area (Å²) < 4.78 is 0. The quantitative estimate of drug-likeness (QED) is 0.580. The maximum Gasteiger partial charge on any atom is 0.126 e. The van der Waals surface area contributed by atoms with E-state index in [0.29, 0.717) is 0 Å². The summed E-state index contributed by atoms with van der Waals surface area (Å²) in [5.74, 6) is 0.827. The molecule has 0 aliphatic heterocycles. The molecular weight excluding hydrogens is 250 g/mol. The Morgan fingerprint density at radius 3 is 2.85 bits per heavy atom. The minimum absolute atomic E-state index is 0.108. The molecule has 2 unspecified atom stereocenters. The Bertz CT molecular complexity index is 599. The summed E-state index contributed by atoms with van der Waals surface area (Å²) in [5.41, 5.74) is 7.44. The molecule has 4 nitrogen and oxygen atoms in total. The lowest BCUT2D eigenvalue weighted by atomic mass is 10.1. The van der Waals surface area contributed by atoms with Crippen LogP contribution in [0.2, 0.25) is 0 Å². The first-order valence-electron chi connectivity index (χ1n) is 7.33. The van der Waals surface area contributed by atoms with Crippen LogP contribution in [0.3, 0.4) is 0 Å². The van der Waals surface area contributed by atoms with E-state index in [4.69, 9.17) is 5.73 Å². The van der Waals surface area contributed by atoms with Crippen LogP contribution < -0.4 is 11.1 Å². The number of nitrogens with two attached hydrogens (primary N) is 1. The van der Waals surface area contributed by atoms with E-state index in [0.717, 1.165) is 41.7 Å². The molecule has 20 heavy (non-hydrogen) atoms. The van der Waals surface area contributed by atoms with Crippen LogP contribution in [0.4, 0.5) is 11.5 Å². The third-order valence-electron chi connectivity index (χ3n) is 4.03. The summed E-state index contributed by atoms with van der Waals surface area (Å²) in [7, 11) is 0. The number of pyridine rings is 1. The average molecular weight is 271 g/mol. The molecule has 3 rings (SSSR count). The fourth-order valence-electron chi connectivity index (χ4n) is 2.87. The second-order valence-electron chi connectivity index (χ2n) is 5.60. The summed E-state index contributed by atoms with van der Waals surface area (Å²) >= 11 is 0. The van der Waals surface area contributed by atoms with Gasteiger partial charge in [-0.05, 0) is 43.2 Å². The highest BCUT2D eigenvalue weighted by atomic mass is 16.3. The minimum atomic E-state index is -0.276. The molecule has 106 valence electrons. The van der Waals surface area contributed by atoms with Gasteiger partial charge in [-0.1, -0.05) is 19.3 Å². The van der Waals surface area contributed by atoms with E-state index in [1.165, 1.54) is 12.8 Å². The topological polar surface area (TPSA) is 71.2 Å². The largest absolute Gasteiger partial charge is 0.399 e. The number of rotatable bonds is 2. The number of nitrogen functional groups attached to an aromatic ring is 1. The van der Waals surface area contributed by atoms with E-state index in [2.05, 4.69) is 10.3 Å². The van der Waals surface area contributed by atoms with Gasteiger partial charge in [0, 0.05) is 11.1 Å². The number of fused-ring (bicyclic) bond motifs is 1. The smallest absolute Gasteiger partial charge is 0.126 e. The van der Waals surface area contributed by atoms with Crippen LogP contribution in [-0.2, 0) is 0 Å². The van der Waals surface area contributed by atoms with E-state index < -0.39 is 0 Å². The molecule has 0 bridgehead atoms. The number of hydrogen-bond acceptors (Lipinski definition) is 4. The maximum atomic E-state index is 10.2. The van der Waals surface area contributed by atoms with Gasteiger partial charge in [-0.3, -0.25) is 0 Å². The Morgan fingerprint density at radius 2 is 1.95 bits per heavy atom. The van der Waals surface area contributed by atoms with E-state index in [1.807, 2.05) is 30.3 Å². The van der Waals surface area contributed by atoms with Crippen molar-refractivity contribution in [2.45, 2.75) is 44.2 Å². The molecule has 4 N–H and O–H groups in total. The van der Waals surface area contributed by atoms with Gasteiger partial charge in [-0.15, -0.1) is 0 Å². The van der Waals surface area contributed by atoms with Crippen molar-refractivity contribution in [3.05, 3.63) is 30.3 Å². The fraction of sp³-hybridized carbons (Fsp3) is 0.438. The van der Waals surface area contributed by atoms with Gasteiger partial charge in [0.2, 0.25) is 0 Å². The Labute approximate surface area is 119 Å². The molecule has 1 aliphatic rings. The lowest BCUT2D eigenvalue weighted by molar-refractivity contribution is 0.144. The number of nitrogens with one attached hydrogen (secondary N) is 1. The monoisotopic (exact) mass is 271 g/mol. The number of aliphatic hydroxyl groups is 1. The Balaban J connectivity index is 1.81. The summed E-state index contributed by atoms with van der Waals surface area (Å²) in [6.45, 7) is 0. The highest BCUT2D eigenvalue weighted by Crippen LogP contribution is 2.23. The molecule has 2 aromatic rings. The third-order valence-corrected chi connectivity index (χ3v) is 4.03. The number of hydrogen-bond donors (Lipinski definition) is 3. The van der Waals surface area contributed by atoms with Crippen LogP contribution in [-0.4, -0.2) is 22.2 Å². The molecule has 2 atom stereocenters. The minimum Gasteiger partial charge on any atom is -0.399 e. The van der Waals surface area contributed by atoms with Crippen molar-refractivity contribution in [2.24, 2.45) is 0 Å². The van der Waals surface area contributed by atoms with Gasteiger partial charge < -0.3 is 16.2 Å². The van der Waals surface area contributed by atoms with Gasteiger partial charge >= 0.3 is 0 Å². The summed E-state index contributed by atoms with van der Waals surface area (Å²) in [6, 6.07) is 9.80. The van der Waals surface area contributed by atoms with E-state index in [1.54, 1.807) is 0 Å². The molecule has 1 fully saturated rings. The summed E-state index contributed by atoms with van der Waals surface area (Å²) in [5, 5.41) is 14.6. The average Bonchev–Trinajstić information content (AvgIpc) is 2.64. The second kappa shape index (κ2) is 5.67. The highest BCUT2D eigenvalue weighted by Gasteiger charge is 2.21. The predicted octanol–water partition coefficient (Wildman–Crippen LogP) is 2.92. The molecule has 4 heteroatoms. The zero-order valence-electron chi connectivity index (χ0n) is 11.5. The first-order chi connectivity index (χ1) is 9.72. The summed E-state index contributed by atoms with van der Waals surface area (Å²) in [6.07, 6.45) is 5.09. The van der Waals surface area contributed by atoms with E-state index >= 15 is 0 Å². The highest BCUT2D eigenvalue weighted by molar-refractivity contribution is 5.83. The van der Waals surface area contributed by atoms with Crippen molar-refractivity contribution in [3.63, 3.8) is 0 Å². The zero-order chi connectivity index (χ0) is 13.9. The summed E-state index contributed by atoms with van der Waals surface area (Å²) in [4.78, 5) is 4.60. The lowest BCUT2D eigenvalue weighted by Gasteiger charge is -2.22. The van der Waals surface area contributed by atoms with Gasteiger partial charge in [0.25, 0.3) is 0 Å². The normalized spacial score (nSPS) is 23.4. The van der Waals surface area contributed by atoms with Crippen molar-refractivity contribution in [2.75, 3.05) is 11.1 Å². The number of anilines is 2. The molecule has 1 heterocycles. The van der Waals surface area contributed by atoms with Gasteiger partial charge in [-0.25, -0.2) is 4.98 Å². The van der Waals surface area contributed by atoms with E-state index in [-0.39, 0.29) is 12.1 Å². The van der Waals surface area contributed by atoms with Crippen molar-refractivity contribution in [1.29, 1.82) is 0 Å². The van der Waals surface area contributed by atoms with E-state index in [9.17, 15) is 5.11 Å². The van der Waals surface area contributed by atoms with Gasteiger partial charge in [0.15, 0.2) is 0 Å². The Hall–Kier alpha value is -1.81. The van der Waals surface area contributed by atoms with Crippen LogP contribution >= 0.6 is 0 Å². The molecule has 0 radical (unpaired) electrons. The molecule has 1 aromatic carbocycles. The first-order valence-corrected chi connectivity index (χ1v) is 7.33. The number of nitrogens with zero attached hydrogens (tertiary/aromatic N) is 1.